The van der Waals surface area contributed by atoms with E-state index in [1.807, 2.05) is 6.92 Å². The van der Waals surface area contributed by atoms with E-state index < -0.39 is 4.92 Å². The molecule has 0 amide bonds. The molecule has 0 aromatic carbocycles. The highest BCUT2D eigenvalue weighted by Gasteiger charge is 2.15. The average molecular weight is 279 g/mol. The third-order valence-corrected chi connectivity index (χ3v) is 3.34. The molecule has 2 aromatic heterocycles. The molecule has 0 aliphatic carbocycles. The fraction of sp³-hybridized carbons (Fsp3) is 0.273. The lowest BCUT2D eigenvalue weighted by Crippen LogP contribution is -2.05. The highest BCUT2D eigenvalue weighted by Crippen LogP contribution is 2.25. The topological polar surface area (TPSA) is 93.0 Å². The molecular weight excluding hydrogens is 266 g/mol. The van der Waals surface area contributed by atoms with Crippen LogP contribution in [0, 0.1) is 17.0 Å². The Morgan fingerprint density at radius 3 is 2.84 bits per heavy atom. The number of hydrogen-bond acceptors (Lipinski definition) is 7. The lowest BCUT2D eigenvalue weighted by molar-refractivity contribution is -0.384. The van der Waals surface area contributed by atoms with Crippen LogP contribution in [-0.4, -0.2) is 21.9 Å². The molecule has 2 aromatic rings. The molecule has 8 heteroatoms. The van der Waals surface area contributed by atoms with Gasteiger partial charge in [0.15, 0.2) is 0 Å². The third-order valence-electron chi connectivity index (χ3n) is 2.43. The maximum atomic E-state index is 10.9. The van der Waals surface area contributed by atoms with Gasteiger partial charge in [-0.3, -0.25) is 10.1 Å². The lowest BCUT2D eigenvalue weighted by Gasteiger charge is -2.06. The number of rotatable bonds is 5. The molecule has 0 bridgehead atoms. The van der Waals surface area contributed by atoms with Gasteiger partial charge in [-0.25, -0.2) is 9.97 Å². The van der Waals surface area contributed by atoms with Gasteiger partial charge in [-0.1, -0.05) is 0 Å². The average Bonchev–Trinajstić information content (AvgIpc) is 2.81. The second kappa shape index (κ2) is 5.61. The van der Waals surface area contributed by atoms with Crippen LogP contribution in [0.5, 0.6) is 0 Å². The zero-order valence-electron chi connectivity index (χ0n) is 10.5. The fourth-order valence-electron chi connectivity index (χ4n) is 1.53. The number of anilines is 2. The first-order chi connectivity index (χ1) is 9.10. The van der Waals surface area contributed by atoms with Gasteiger partial charge in [-0.15, -0.1) is 11.3 Å². The van der Waals surface area contributed by atoms with Gasteiger partial charge in [0.05, 0.1) is 16.5 Å². The maximum Gasteiger partial charge on any atom is 0.311 e. The number of thiazole rings is 1. The monoisotopic (exact) mass is 279 g/mol. The summed E-state index contributed by atoms with van der Waals surface area (Å²) in [5.74, 6) is 0.830. The quantitative estimate of drug-likeness (QED) is 0.645. The van der Waals surface area contributed by atoms with Crippen molar-refractivity contribution in [1.29, 1.82) is 0 Å². The van der Waals surface area contributed by atoms with Gasteiger partial charge in [-0.05, 0) is 13.0 Å². The standard InChI is InChI=1S/C11H13N5O2S/c1-7-13-5-8(19-7)6-14-11-9(16(17)18)3-4-10(12-2)15-11/h3-5H,6H2,1-2H3,(H2,12,14,15). The van der Waals surface area contributed by atoms with Crippen molar-refractivity contribution in [3.8, 4) is 0 Å². The van der Waals surface area contributed by atoms with Gasteiger partial charge in [0.2, 0.25) is 5.82 Å². The lowest BCUT2D eigenvalue weighted by atomic mass is 10.3. The zero-order valence-corrected chi connectivity index (χ0v) is 11.3. The molecule has 7 nitrogen and oxygen atoms in total. The Morgan fingerprint density at radius 1 is 1.47 bits per heavy atom. The van der Waals surface area contributed by atoms with Crippen molar-refractivity contribution in [3.05, 3.63) is 38.3 Å². The van der Waals surface area contributed by atoms with E-state index in [1.54, 1.807) is 30.6 Å². The van der Waals surface area contributed by atoms with Crippen molar-refractivity contribution in [3.63, 3.8) is 0 Å². The predicted molar refractivity (Wildman–Crippen MR) is 74.6 cm³/mol. The van der Waals surface area contributed by atoms with Crippen LogP contribution in [0.1, 0.15) is 9.88 Å². The first kappa shape index (κ1) is 13.2. The highest BCUT2D eigenvalue weighted by molar-refractivity contribution is 7.11. The Hall–Kier alpha value is -2.22. The van der Waals surface area contributed by atoms with E-state index >= 15 is 0 Å². The van der Waals surface area contributed by atoms with Gasteiger partial charge in [0.25, 0.3) is 0 Å². The summed E-state index contributed by atoms with van der Waals surface area (Å²) < 4.78 is 0. The van der Waals surface area contributed by atoms with Gasteiger partial charge in [-0.2, -0.15) is 0 Å². The van der Waals surface area contributed by atoms with Crippen molar-refractivity contribution in [1.82, 2.24) is 9.97 Å². The van der Waals surface area contributed by atoms with Crippen molar-refractivity contribution in [2.75, 3.05) is 17.7 Å². The van der Waals surface area contributed by atoms with E-state index in [4.69, 9.17) is 0 Å². The smallest absolute Gasteiger partial charge is 0.311 e. The first-order valence-electron chi connectivity index (χ1n) is 5.58. The number of nitro groups is 1. The normalized spacial score (nSPS) is 10.2. The number of hydrogen-bond donors (Lipinski definition) is 2. The van der Waals surface area contributed by atoms with Gasteiger partial charge < -0.3 is 10.6 Å². The first-order valence-corrected chi connectivity index (χ1v) is 6.40. The molecule has 2 heterocycles. The van der Waals surface area contributed by atoms with Crippen LogP contribution in [0.4, 0.5) is 17.3 Å². The van der Waals surface area contributed by atoms with E-state index in [0.717, 1.165) is 9.88 Å². The van der Waals surface area contributed by atoms with Crippen LogP contribution in [0.15, 0.2) is 18.3 Å². The number of aromatic nitrogens is 2. The SMILES string of the molecule is CNc1ccc([N+](=O)[O-])c(NCc2cnc(C)s2)n1. The van der Waals surface area contributed by atoms with Crippen molar-refractivity contribution >= 4 is 28.7 Å². The van der Waals surface area contributed by atoms with E-state index in [-0.39, 0.29) is 11.5 Å². The van der Waals surface area contributed by atoms with Gasteiger partial charge in [0, 0.05) is 24.2 Å². The molecular formula is C11H13N5O2S. The zero-order chi connectivity index (χ0) is 13.8. The van der Waals surface area contributed by atoms with Crippen LogP contribution >= 0.6 is 11.3 Å². The molecule has 2 N–H and O–H groups in total. The number of pyridine rings is 1. The number of nitrogens with zero attached hydrogens (tertiary/aromatic N) is 3. The van der Waals surface area contributed by atoms with E-state index in [2.05, 4.69) is 20.6 Å². The molecule has 0 spiro atoms. The van der Waals surface area contributed by atoms with Crippen LogP contribution in [0.3, 0.4) is 0 Å². The van der Waals surface area contributed by atoms with E-state index in [0.29, 0.717) is 12.4 Å². The Bertz CT molecular complexity index is 599. The van der Waals surface area contributed by atoms with Crippen LogP contribution < -0.4 is 10.6 Å². The molecule has 0 fully saturated rings. The minimum atomic E-state index is -0.452. The minimum Gasteiger partial charge on any atom is -0.373 e. The second-order valence-corrected chi connectivity index (χ2v) is 5.09. The third kappa shape index (κ3) is 3.16. The number of aryl methyl sites for hydroxylation is 1. The summed E-state index contributed by atoms with van der Waals surface area (Å²) in [6.45, 7) is 2.38. The predicted octanol–water partition coefficient (Wildman–Crippen LogP) is 2.41. The fourth-order valence-corrected chi connectivity index (χ4v) is 2.26. The molecule has 2 rings (SSSR count). The molecule has 0 unspecified atom stereocenters. The van der Waals surface area contributed by atoms with Gasteiger partial charge in [0.1, 0.15) is 5.82 Å². The van der Waals surface area contributed by atoms with Gasteiger partial charge >= 0.3 is 5.69 Å². The summed E-state index contributed by atoms with van der Waals surface area (Å²) in [5.41, 5.74) is -0.0414. The highest BCUT2D eigenvalue weighted by atomic mass is 32.1. The molecule has 0 atom stereocenters. The molecule has 0 aliphatic rings. The van der Waals surface area contributed by atoms with E-state index in [9.17, 15) is 10.1 Å². The van der Waals surface area contributed by atoms with Crippen LogP contribution in [0.2, 0.25) is 0 Å². The van der Waals surface area contributed by atoms with Crippen molar-refractivity contribution in [2.45, 2.75) is 13.5 Å². The molecule has 0 saturated carbocycles. The number of nitrogens with one attached hydrogen (secondary N) is 2. The largest absolute Gasteiger partial charge is 0.373 e. The summed E-state index contributed by atoms with van der Waals surface area (Å²) in [7, 11) is 1.71. The maximum absolute atomic E-state index is 10.9. The molecule has 0 radical (unpaired) electrons. The van der Waals surface area contributed by atoms with E-state index in [1.165, 1.54) is 6.07 Å². The van der Waals surface area contributed by atoms with Crippen molar-refractivity contribution < 1.29 is 4.92 Å². The Balaban J connectivity index is 2.19. The summed E-state index contributed by atoms with van der Waals surface area (Å²) in [6, 6.07) is 3.00. The Labute approximate surface area is 113 Å². The summed E-state index contributed by atoms with van der Waals surface area (Å²) in [4.78, 5) is 19.8. The molecule has 100 valence electrons. The summed E-state index contributed by atoms with van der Waals surface area (Å²) in [6.07, 6.45) is 1.75. The Kier molecular flexibility index (Phi) is 3.91. The second-order valence-electron chi connectivity index (χ2n) is 3.77. The molecule has 19 heavy (non-hydrogen) atoms. The molecule has 0 aliphatic heterocycles. The van der Waals surface area contributed by atoms with Crippen molar-refractivity contribution in [2.24, 2.45) is 0 Å². The van der Waals surface area contributed by atoms with Crippen LogP contribution in [0.25, 0.3) is 0 Å². The molecule has 0 saturated heterocycles. The Morgan fingerprint density at radius 2 is 2.26 bits per heavy atom. The summed E-state index contributed by atoms with van der Waals surface area (Å²) >= 11 is 1.54. The van der Waals surface area contributed by atoms with Crippen LogP contribution in [-0.2, 0) is 6.54 Å². The summed E-state index contributed by atoms with van der Waals surface area (Å²) in [5, 5.41) is 17.7. The minimum absolute atomic E-state index is 0.0414.